The number of nitrogens with one attached hydrogen (secondary N) is 1. The van der Waals surface area contributed by atoms with Gasteiger partial charge in [-0.05, 0) is 29.5 Å². The van der Waals surface area contributed by atoms with Crippen molar-refractivity contribution in [3.05, 3.63) is 70.9 Å². The number of thiol groups is 1. The molecule has 2 unspecified atom stereocenters. The first-order chi connectivity index (χ1) is 11.9. The Labute approximate surface area is 153 Å². The van der Waals surface area contributed by atoms with Crippen molar-refractivity contribution in [2.45, 2.75) is 25.4 Å². The maximum atomic E-state index is 12.3. The third kappa shape index (κ3) is 3.89. The summed E-state index contributed by atoms with van der Waals surface area (Å²) < 4.78 is 4.46. The molecule has 0 aliphatic carbocycles. The van der Waals surface area contributed by atoms with Gasteiger partial charge in [-0.2, -0.15) is 0 Å². The van der Waals surface area contributed by atoms with Gasteiger partial charge in [0.15, 0.2) is 0 Å². The van der Waals surface area contributed by atoms with Crippen LogP contribution >= 0.6 is 12.8 Å². The predicted octanol–water partition coefficient (Wildman–Crippen LogP) is 1.95. The van der Waals surface area contributed by atoms with E-state index in [0.717, 1.165) is 17.4 Å². The lowest BCUT2D eigenvalue weighted by Gasteiger charge is -2.25. The first-order valence-corrected chi connectivity index (χ1v) is 8.49. The van der Waals surface area contributed by atoms with E-state index in [4.69, 9.17) is 11.6 Å². The molecular weight excluding hydrogens is 334 g/mol. The van der Waals surface area contributed by atoms with Crippen LogP contribution in [0.1, 0.15) is 24.9 Å². The molecule has 0 saturated carbocycles. The SMILES string of the molecule is C=CC(CC)N(N)/C=C(\N)C(NS)c1cccc2c(=O)n(C)ccc12. The molecule has 0 fully saturated rings. The fourth-order valence-corrected chi connectivity index (χ4v) is 3.10. The van der Waals surface area contributed by atoms with Gasteiger partial charge in [0.2, 0.25) is 0 Å². The molecule has 0 radical (unpaired) electrons. The van der Waals surface area contributed by atoms with Gasteiger partial charge in [0.05, 0.1) is 12.1 Å². The Hall–Kier alpha value is -2.22. The molecular formula is C18H25N5OS. The Bertz CT molecular complexity index is 845. The highest BCUT2D eigenvalue weighted by Crippen LogP contribution is 2.26. The topological polar surface area (TPSA) is 89.3 Å². The van der Waals surface area contributed by atoms with Crippen LogP contribution < -0.4 is 21.9 Å². The molecule has 2 rings (SSSR count). The van der Waals surface area contributed by atoms with Crippen molar-refractivity contribution in [1.29, 1.82) is 0 Å². The average molecular weight is 359 g/mol. The van der Waals surface area contributed by atoms with E-state index >= 15 is 0 Å². The minimum atomic E-state index is -0.396. The van der Waals surface area contributed by atoms with Gasteiger partial charge in [-0.1, -0.05) is 37.9 Å². The first kappa shape index (κ1) is 19.1. The molecule has 7 heteroatoms. The zero-order valence-electron chi connectivity index (χ0n) is 14.5. The molecule has 1 aromatic heterocycles. The number of nitrogens with two attached hydrogens (primary N) is 2. The Balaban J connectivity index is 2.51. The van der Waals surface area contributed by atoms with E-state index < -0.39 is 6.04 Å². The molecule has 1 heterocycles. The third-order valence-electron chi connectivity index (χ3n) is 4.30. The quantitative estimate of drug-likeness (QED) is 0.263. The van der Waals surface area contributed by atoms with E-state index in [-0.39, 0.29) is 11.6 Å². The van der Waals surface area contributed by atoms with Crippen LogP contribution in [-0.2, 0) is 7.05 Å². The summed E-state index contributed by atoms with van der Waals surface area (Å²) in [5, 5.41) is 2.99. The van der Waals surface area contributed by atoms with Crippen molar-refractivity contribution < 1.29 is 0 Å². The van der Waals surface area contributed by atoms with Gasteiger partial charge in [0.25, 0.3) is 5.56 Å². The van der Waals surface area contributed by atoms with Crippen LogP contribution in [0, 0.1) is 0 Å². The van der Waals surface area contributed by atoms with Crippen molar-refractivity contribution in [3.63, 3.8) is 0 Å². The summed E-state index contributed by atoms with van der Waals surface area (Å²) in [5.74, 6) is 6.07. The lowest BCUT2D eigenvalue weighted by Crippen LogP contribution is -2.36. The van der Waals surface area contributed by atoms with Gasteiger partial charge < -0.3 is 15.3 Å². The fourth-order valence-electron chi connectivity index (χ4n) is 2.82. The molecule has 0 aliphatic heterocycles. The van der Waals surface area contributed by atoms with Crippen LogP contribution in [0.4, 0.5) is 0 Å². The number of fused-ring (bicyclic) bond motifs is 1. The Morgan fingerprint density at radius 3 is 2.76 bits per heavy atom. The van der Waals surface area contributed by atoms with Gasteiger partial charge in [-0.25, -0.2) is 5.84 Å². The number of benzene rings is 1. The zero-order valence-corrected chi connectivity index (χ0v) is 15.4. The standard InChI is InChI=1S/C18H25N5OS/c1-4-12(5-2)23(20)11-16(19)17(21-25)14-7-6-8-15-13(14)9-10-22(3)18(15)24/h4,6-12,17,21,25H,1,5,19-20H2,2-3H3/b16-11-. The average Bonchev–Trinajstić information content (AvgIpc) is 2.60. The summed E-state index contributed by atoms with van der Waals surface area (Å²) in [7, 11) is 1.73. The van der Waals surface area contributed by atoms with Crippen molar-refractivity contribution in [2.24, 2.45) is 18.6 Å². The molecule has 6 nitrogen and oxygen atoms in total. The number of aryl methyl sites for hydroxylation is 1. The van der Waals surface area contributed by atoms with Crippen LogP contribution in [0.5, 0.6) is 0 Å². The Morgan fingerprint density at radius 2 is 2.16 bits per heavy atom. The smallest absolute Gasteiger partial charge is 0.258 e. The molecule has 5 N–H and O–H groups in total. The summed E-state index contributed by atoms with van der Waals surface area (Å²) in [5.41, 5.74) is 7.57. The maximum Gasteiger partial charge on any atom is 0.258 e. The minimum Gasteiger partial charge on any atom is -0.399 e. The number of hydrazine groups is 1. The van der Waals surface area contributed by atoms with Crippen LogP contribution in [0.15, 0.2) is 59.8 Å². The molecule has 25 heavy (non-hydrogen) atoms. The number of aromatic nitrogens is 1. The van der Waals surface area contributed by atoms with Gasteiger partial charge in [0.1, 0.15) is 0 Å². The molecule has 1 aromatic carbocycles. The molecule has 0 spiro atoms. The fraction of sp³-hybridized carbons (Fsp3) is 0.278. The van der Waals surface area contributed by atoms with Gasteiger partial charge >= 0.3 is 0 Å². The highest BCUT2D eigenvalue weighted by molar-refractivity contribution is 7.78. The monoisotopic (exact) mass is 359 g/mol. The zero-order chi connectivity index (χ0) is 18.6. The summed E-state index contributed by atoms with van der Waals surface area (Å²) in [6.45, 7) is 5.80. The molecule has 0 bridgehead atoms. The lowest BCUT2D eigenvalue weighted by molar-refractivity contribution is 0.320. The van der Waals surface area contributed by atoms with E-state index in [1.807, 2.05) is 25.1 Å². The number of hydrogen-bond donors (Lipinski definition) is 4. The van der Waals surface area contributed by atoms with Crippen LogP contribution in [-0.4, -0.2) is 15.6 Å². The summed E-state index contributed by atoms with van der Waals surface area (Å²) in [6.07, 6.45) is 5.99. The van der Waals surface area contributed by atoms with Gasteiger partial charge in [0, 0.05) is 30.5 Å². The summed E-state index contributed by atoms with van der Waals surface area (Å²) in [4.78, 5) is 12.3. The van der Waals surface area contributed by atoms with E-state index in [1.165, 1.54) is 5.01 Å². The van der Waals surface area contributed by atoms with E-state index in [9.17, 15) is 4.79 Å². The minimum absolute atomic E-state index is 0.0149. The van der Waals surface area contributed by atoms with Crippen LogP contribution in [0.3, 0.4) is 0 Å². The summed E-state index contributed by atoms with van der Waals surface area (Å²) in [6, 6.07) is 7.05. The molecule has 0 aliphatic rings. The second kappa shape index (κ2) is 8.24. The second-order valence-electron chi connectivity index (χ2n) is 5.89. The molecule has 0 saturated heterocycles. The van der Waals surface area contributed by atoms with Crippen molar-refractivity contribution >= 4 is 23.6 Å². The molecule has 0 amide bonds. The van der Waals surface area contributed by atoms with Crippen molar-refractivity contribution in [1.82, 2.24) is 14.3 Å². The first-order valence-electron chi connectivity index (χ1n) is 8.05. The number of nitrogens with zero attached hydrogens (tertiary/aromatic N) is 2. The van der Waals surface area contributed by atoms with E-state index in [2.05, 4.69) is 24.1 Å². The van der Waals surface area contributed by atoms with Crippen molar-refractivity contribution in [3.8, 4) is 0 Å². The van der Waals surface area contributed by atoms with Crippen LogP contribution in [0.25, 0.3) is 10.8 Å². The lowest BCUT2D eigenvalue weighted by atomic mass is 9.98. The maximum absolute atomic E-state index is 12.3. The molecule has 2 atom stereocenters. The molecule has 134 valence electrons. The number of rotatable bonds is 7. The number of pyridine rings is 1. The predicted molar refractivity (Wildman–Crippen MR) is 107 cm³/mol. The van der Waals surface area contributed by atoms with Crippen LogP contribution in [0.2, 0.25) is 0 Å². The normalized spacial score (nSPS) is 14.3. The Morgan fingerprint density at radius 1 is 1.44 bits per heavy atom. The highest BCUT2D eigenvalue weighted by Gasteiger charge is 2.18. The van der Waals surface area contributed by atoms with Crippen molar-refractivity contribution in [2.75, 3.05) is 0 Å². The Kier molecular flexibility index (Phi) is 6.30. The number of hydrogen-bond acceptors (Lipinski definition) is 6. The largest absolute Gasteiger partial charge is 0.399 e. The molecule has 2 aromatic rings. The van der Waals surface area contributed by atoms with E-state index in [0.29, 0.717) is 11.1 Å². The highest BCUT2D eigenvalue weighted by atomic mass is 32.1. The summed E-state index contributed by atoms with van der Waals surface area (Å²) >= 11 is 4.22. The second-order valence-corrected chi connectivity index (χ2v) is 6.15. The van der Waals surface area contributed by atoms with Gasteiger partial charge in [-0.3, -0.25) is 9.52 Å². The van der Waals surface area contributed by atoms with Gasteiger partial charge in [-0.15, -0.1) is 6.58 Å². The van der Waals surface area contributed by atoms with E-state index in [1.54, 1.807) is 36.2 Å². The third-order valence-corrected chi connectivity index (χ3v) is 4.56.